The average Bonchev–Trinajstić information content (AvgIpc) is 2.38. The highest BCUT2D eigenvalue weighted by molar-refractivity contribution is 5.32. The van der Waals surface area contributed by atoms with Gasteiger partial charge in [-0.25, -0.2) is 0 Å². The van der Waals surface area contributed by atoms with E-state index < -0.39 is 17.8 Å². The molecule has 0 saturated heterocycles. The zero-order valence-electron chi connectivity index (χ0n) is 9.35. The fraction of sp³-hybridized carbons (Fsp3) is 0.154. The van der Waals surface area contributed by atoms with E-state index in [0.717, 1.165) is 17.7 Å². The summed E-state index contributed by atoms with van der Waals surface area (Å²) in [5.74, 6) is 0. The van der Waals surface area contributed by atoms with Crippen molar-refractivity contribution in [2.45, 2.75) is 12.2 Å². The first-order valence-corrected chi connectivity index (χ1v) is 5.31. The molecular weight excluding hydrogens is 241 g/mol. The molecule has 1 atom stereocenters. The lowest BCUT2D eigenvalue weighted by atomic mass is 10.00. The van der Waals surface area contributed by atoms with E-state index in [1.54, 1.807) is 24.5 Å². The topological polar surface area (TPSA) is 38.9 Å². The molecule has 0 amide bonds. The van der Waals surface area contributed by atoms with Gasteiger partial charge in [0.1, 0.15) is 0 Å². The summed E-state index contributed by atoms with van der Waals surface area (Å²) in [6.45, 7) is 0. The van der Waals surface area contributed by atoms with E-state index in [4.69, 9.17) is 5.73 Å². The molecule has 0 saturated carbocycles. The number of benzene rings is 1. The minimum absolute atomic E-state index is 0.471. The standard InChI is InChI=1S/C13H11F3N2/c14-13(15,16)11-5-3-9(4-6-11)12(17)10-2-1-7-18-8-10/h1-8,12H,17H2/t12-/m1/s1. The molecule has 94 valence electrons. The Hall–Kier alpha value is -1.88. The molecule has 0 aliphatic carbocycles. The highest BCUT2D eigenvalue weighted by Gasteiger charge is 2.30. The summed E-state index contributed by atoms with van der Waals surface area (Å²) in [5.41, 5.74) is 6.66. The summed E-state index contributed by atoms with van der Waals surface area (Å²) in [5, 5.41) is 0. The molecular formula is C13H11F3N2. The molecule has 0 radical (unpaired) electrons. The van der Waals surface area contributed by atoms with Crippen molar-refractivity contribution in [3.05, 3.63) is 65.5 Å². The van der Waals surface area contributed by atoms with Crippen molar-refractivity contribution in [1.82, 2.24) is 4.98 Å². The van der Waals surface area contributed by atoms with Gasteiger partial charge in [-0.15, -0.1) is 0 Å². The quantitative estimate of drug-likeness (QED) is 0.891. The summed E-state index contributed by atoms with van der Waals surface area (Å²) in [6, 6.07) is 7.90. The molecule has 2 rings (SSSR count). The van der Waals surface area contributed by atoms with Crippen molar-refractivity contribution < 1.29 is 13.2 Å². The Labute approximate surface area is 102 Å². The number of hydrogen-bond acceptors (Lipinski definition) is 2. The third-order valence-electron chi connectivity index (χ3n) is 2.64. The Bertz CT molecular complexity index is 506. The number of halogens is 3. The Balaban J connectivity index is 2.25. The largest absolute Gasteiger partial charge is 0.416 e. The van der Waals surface area contributed by atoms with Gasteiger partial charge in [0.15, 0.2) is 0 Å². The van der Waals surface area contributed by atoms with Crippen molar-refractivity contribution >= 4 is 0 Å². The maximum atomic E-state index is 12.4. The maximum Gasteiger partial charge on any atom is 0.416 e. The molecule has 0 aliphatic heterocycles. The highest BCUT2D eigenvalue weighted by atomic mass is 19.4. The van der Waals surface area contributed by atoms with Crippen LogP contribution in [0.1, 0.15) is 22.7 Å². The van der Waals surface area contributed by atoms with Crippen LogP contribution >= 0.6 is 0 Å². The Kier molecular flexibility index (Phi) is 3.34. The molecule has 1 aromatic heterocycles. The molecule has 0 aliphatic rings. The van der Waals surface area contributed by atoms with Crippen molar-refractivity contribution in [1.29, 1.82) is 0 Å². The molecule has 2 aromatic rings. The van der Waals surface area contributed by atoms with Gasteiger partial charge < -0.3 is 5.73 Å². The fourth-order valence-corrected chi connectivity index (χ4v) is 1.63. The number of rotatable bonds is 2. The number of aromatic nitrogens is 1. The zero-order chi connectivity index (χ0) is 13.2. The SMILES string of the molecule is N[C@H](c1ccc(C(F)(F)F)cc1)c1cccnc1. The molecule has 0 unspecified atom stereocenters. The van der Waals surface area contributed by atoms with E-state index in [1.807, 2.05) is 0 Å². The van der Waals surface area contributed by atoms with Crippen LogP contribution in [0.5, 0.6) is 0 Å². The van der Waals surface area contributed by atoms with E-state index in [9.17, 15) is 13.2 Å². The Morgan fingerprint density at radius 3 is 2.17 bits per heavy atom. The molecule has 0 bridgehead atoms. The summed E-state index contributed by atoms with van der Waals surface area (Å²) >= 11 is 0. The minimum atomic E-state index is -4.32. The van der Waals surface area contributed by atoms with Gasteiger partial charge in [-0.2, -0.15) is 13.2 Å². The van der Waals surface area contributed by atoms with Crippen LogP contribution in [0.4, 0.5) is 13.2 Å². The predicted octanol–water partition coefficient (Wildman–Crippen LogP) is 3.15. The lowest BCUT2D eigenvalue weighted by Crippen LogP contribution is -2.12. The van der Waals surface area contributed by atoms with Crippen LogP contribution in [-0.4, -0.2) is 4.98 Å². The lowest BCUT2D eigenvalue weighted by Gasteiger charge is -2.13. The van der Waals surface area contributed by atoms with Gasteiger partial charge in [0.2, 0.25) is 0 Å². The van der Waals surface area contributed by atoms with Crippen LogP contribution in [0.2, 0.25) is 0 Å². The highest BCUT2D eigenvalue weighted by Crippen LogP contribution is 2.30. The van der Waals surface area contributed by atoms with Crippen LogP contribution in [0.15, 0.2) is 48.8 Å². The monoisotopic (exact) mass is 252 g/mol. The second-order valence-electron chi connectivity index (χ2n) is 3.88. The smallest absolute Gasteiger partial charge is 0.320 e. The molecule has 1 aromatic carbocycles. The van der Waals surface area contributed by atoms with Crippen LogP contribution in [0.3, 0.4) is 0 Å². The van der Waals surface area contributed by atoms with Crippen LogP contribution < -0.4 is 5.73 Å². The molecule has 5 heteroatoms. The van der Waals surface area contributed by atoms with E-state index in [1.165, 1.54) is 12.1 Å². The molecule has 18 heavy (non-hydrogen) atoms. The van der Waals surface area contributed by atoms with Crippen molar-refractivity contribution in [3.63, 3.8) is 0 Å². The van der Waals surface area contributed by atoms with Gasteiger partial charge >= 0.3 is 6.18 Å². The van der Waals surface area contributed by atoms with Gasteiger partial charge in [-0.3, -0.25) is 4.98 Å². The first-order chi connectivity index (χ1) is 8.48. The van der Waals surface area contributed by atoms with Crippen molar-refractivity contribution in [3.8, 4) is 0 Å². The van der Waals surface area contributed by atoms with Gasteiger partial charge in [-0.05, 0) is 29.3 Å². The van der Waals surface area contributed by atoms with E-state index in [2.05, 4.69) is 4.98 Å². The molecule has 2 nitrogen and oxygen atoms in total. The first-order valence-electron chi connectivity index (χ1n) is 5.31. The molecule has 1 heterocycles. The normalized spacial score (nSPS) is 13.3. The summed E-state index contributed by atoms with van der Waals surface area (Å²) in [4.78, 5) is 3.93. The van der Waals surface area contributed by atoms with E-state index in [-0.39, 0.29) is 0 Å². The predicted molar refractivity (Wildman–Crippen MR) is 61.7 cm³/mol. The van der Waals surface area contributed by atoms with Gasteiger partial charge in [0, 0.05) is 12.4 Å². The third kappa shape index (κ3) is 2.68. The minimum Gasteiger partial charge on any atom is -0.320 e. The number of nitrogens with two attached hydrogens (primary N) is 1. The summed E-state index contributed by atoms with van der Waals surface area (Å²) in [7, 11) is 0. The fourth-order valence-electron chi connectivity index (χ4n) is 1.63. The molecule has 0 fully saturated rings. The second-order valence-corrected chi connectivity index (χ2v) is 3.88. The zero-order valence-corrected chi connectivity index (χ0v) is 9.35. The third-order valence-corrected chi connectivity index (χ3v) is 2.64. The maximum absolute atomic E-state index is 12.4. The summed E-state index contributed by atoms with van der Waals surface area (Å²) < 4.78 is 37.2. The average molecular weight is 252 g/mol. The van der Waals surface area contributed by atoms with Crippen molar-refractivity contribution in [2.24, 2.45) is 5.73 Å². The molecule has 0 spiro atoms. The Morgan fingerprint density at radius 1 is 1.00 bits per heavy atom. The number of hydrogen-bond donors (Lipinski definition) is 1. The van der Waals surface area contributed by atoms with Crippen LogP contribution in [-0.2, 0) is 6.18 Å². The number of alkyl halides is 3. The first kappa shape index (κ1) is 12.6. The van der Waals surface area contributed by atoms with Gasteiger partial charge in [-0.1, -0.05) is 18.2 Å². The van der Waals surface area contributed by atoms with Crippen LogP contribution in [0.25, 0.3) is 0 Å². The summed E-state index contributed by atoms with van der Waals surface area (Å²) in [6.07, 6.45) is -1.11. The Morgan fingerprint density at radius 2 is 1.67 bits per heavy atom. The molecule has 2 N–H and O–H groups in total. The van der Waals surface area contributed by atoms with E-state index >= 15 is 0 Å². The van der Waals surface area contributed by atoms with Gasteiger partial charge in [0.25, 0.3) is 0 Å². The second kappa shape index (κ2) is 4.78. The number of pyridine rings is 1. The number of nitrogens with zero attached hydrogens (tertiary/aromatic N) is 1. The van der Waals surface area contributed by atoms with Gasteiger partial charge in [0.05, 0.1) is 11.6 Å². The van der Waals surface area contributed by atoms with E-state index in [0.29, 0.717) is 5.56 Å². The van der Waals surface area contributed by atoms with Crippen LogP contribution in [0, 0.1) is 0 Å². The lowest BCUT2D eigenvalue weighted by molar-refractivity contribution is -0.137. The van der Waals surface area contributed by atoms with Crippen molar-refractivity contribution in [2.75, 3.05) is 0 Å².